The van der Waals surface area contributed by atoms with E-state index in [1.54, 1.807) is 19.1 Å². The van der Waals surface area contributed by atoms with Gasteiger partial charge in [0.1, 0.15) is 28.8 Å². The number of anilines is 1. The molecule has 0 aromatic carbocycles. The largest absolute Gasteiger partial charge is 0.462 e. The number of nitrogens with zero attached hydrogens (tertiary/aromatic N) is 1. The lowest BCUT2D eigenvalue weighted by Gasteiger charge is -2.07. The minimum absolute atomic E-state index is 0.0103. The lowest BCUT2D eigenvalue weighted by molar-refractivity contribution is 0.245. The molecule has 0 saturated heterocycles. The third kappa shape index (κ3) is 3.02. The Hall–Kier alpha value is -1.38. The first-order valence-electron chi connectivity index (χ1n) is 5.69. The molecule has 0 bridgehead atoms. The van der Waals surface area contributed by atoms with Crippen molar-refractivity contribution in [2.24, 2.45) is 0 Å². The normalized spacial score (nSPS) is 11.6. The van der Waals surface area contributed by atoms with E-state index >= 15 is 0 Å². The number of furan rings is 1. The van der Waals surface area contributed by atoms with Crippen molar-refractivity contribution in [1.82, 2.24) is 4.98 Å². The second-order valence-corrected chi connectivity index (χ2v) is 6.67. The molecule has 0 spiro atoms. The number of hydrogen-bond acceptors (Lipinski definition) is 5. The zero-order chi connectivity index (χ0) is 14.9. The zero-order valence-electron chi connectivity index (χ0n) is 10.8. The molecule has 0 radical (unpaired) electrons. The summed E-state index contributed by atoms with van der Waals surface area (Å²) in [4.78, 5) is 4.11. The number of pyridine rings is 1. The molecule has 2 aromatic rings. The molecule has 0 aliphatic rings. The first-order chi connectivity index (χ1) is 9.33. The van der Waals surface area contributed by atoms with Crippen LogP contribution in [0.3, 0.4) is 0 Å². The number of sulfonamides is 1. The van der Waals surface area contributed by atoms with Gasteiger partial charge in [-0.05, 0) is 41.9 Å². The van der Waals surface area contributed by atoms with Crippen molar-refractivity contribution in [3.05, 3.63) is 39.9 Å². The van der Waals surface area contributed by atoms with Crippen LogP contribution in [0.4, 0.5) is 5.82 Å². The summed E-state index contributed by atoms with van der Waals surface area (Å²) in [6.45, 7) is 2.93. The number of halogens is 1. The van der Waals surface area contributed by atoms with E-state index in [-0.39, 0.29) is 28.8 Å². The van der Waals surface area contributed by atoms with Crippen molar-refractivity contribution in [2.45, 2.75) is 25.3 Å². The smallest absolute Gasteiger partial charge is 0.266 e. The molecule has 0 unspecified atom stereocenters. The van der Waals surface area contributed by atoms with Gasteiger partial charge >= 0.3 is 0 Å². The van der Waals surface area contributed by atoms with Crippen LogP contribution in [0.25, 0.3) is 0 Å². The van der Waals surface area contributed by atoms with Crippen molar-refractivity contribution >= 4 is 31.8 Å². The molecule has 2 aromatic heterocycles. The van der Waals surface area contributed by atoms with Crippen molar-refractivity contribution in [3.63, 3.8) is 0 Å². The van der Waals surface area contributed by atoms with Crippen LogP contribution in [0, 0.1) is 13.8 Å². The molecule has 2 heterocycles. The highest BCUT2D eigenvalue weighted by Crippen LogP contribution is 2.23. The molecular formula is C12H13BrN2O4S. The summed E-state index contributed by atoms with van der Waals surface area (Å²) in [5.74, 6) is 0.634. The van der Waals surface area contributed by atoms with Gasteiger partial charge in [-0.1, -0.05) is 0 Å². The summed E-state index contributed by atoms with van der Waals surface area (Å²) in [5.41, 5.74) is 0.671. The Bertz CT molecular complexity index is 740. The molecule has 2 rings (SSSR count). The maximum absolute atomic E-state index is 12.2. The van der Waals surface area contributed by atoms with Crippen LogP contribution in [0.1, 0.15) is 17.2 Å². The number of aryl methyl sites for hydroxylation is 2. The quantitative estimate of drug-likeness (QED) is 0.872. The summed E-state index contributed by atoms with van der Waals surface area (Å²) >= 11 is 3.30. The average Bonchev–Trinajstić information content (AvgIpc) is 2.76. The first kappa shape index (κ1) is 15.0. The molecule has 0 amide bonds. The lowest BCUT2D eigenvalue weighted by atomic mass is 10.4. The van der Waals surface area contributed by atoms with Crippen LogP contribution in [0.5, 0.6) is 0 Å². The Balaban J connectivity index is 2.35. The van der Waals surface area contributed by atoms with E-state index in [2.05, 4.69) is 25.6 Å². The molecule has 108 valence electrons. The highest BCUT2D eigenvalue weighted by molar-refractivity contribution is 9.10. The van der Waals surface area contributed by atoms with Crippen LogP contribution in [0.2, 0.25) is 0 Å². The second kappa shape index (κ2) is 5.55. The predicted octanol–water partition coefficient (Wildman–Crippen LogP) is 2.35. The first-order valence-corrected chi connectivity index (χ1v) is 7.97. The van der Waals surface area contributed by atoms with E-state index in [4.69, 9.17) is 9.52 Å². The number of aromatic nitrogens is 1. The summed E-state index contributed by atoms with van der Waals surface area (Å²) in [6, 6.07) is 4.56. The molecule has 0 saturated carbocycles. The fourth-order valence-electron chi connectivity index (χ4n) is 1.66. The fourth-order valence-corrected chi connectivity index (χ4v) is 3.09. The summed E-state index contributed by atoms with van der Waals surface area (Å²) < 4.78 is 32.8. The minimum atomic E-state index is -3.80. The van der Waals surface area contributed by atoms with E-state index in [0.29, 0.717) is 5.69 Å². The molecule has 2 N–H and O–H groups in total. The van der Waals surface area contributed by atoms with Gasteiger partial charge in [-0.15, -0.1) is 0 Å². The molecule has 8 heteroatoms. The molecule has 0 aliphatic heterocycles. The summed E-state index contributed by atoms with van der Waals surface area (Å²) in [6.07, 6.45) is 0. The number of rotatable bonds is 4. The van der Waals surface area contributed by atoms with Crippen LogP contribution in [0.15, 0.2) is 32.0 Å². The molecule has 0 atom stereocenters. The Morgan fingerprint density at radius 1 is 1.40 bits per heavy atom. The molecule has 0 aliphatic carbocycles. The predicted molar refractivity (Wildman–Crippen MR) is 76.9 cm³/mol. The Morgan fingerprint density at radius 2 is 2.10 bits per heavy atom. The molecular weight excluding hydrogens is 348 g/mol. The van der Waals surface area contributed by atoms with E-state index in [0.717, 1.165) is 4.47 Å². The van der Waals surface area contributed by atoms with Gasteiger partial charge in [0, 0.05) is 10.5 Å². The van der Waals surface area contributed by atoms with Gasteiger partial charge in [0.15, 0.2) is 0 Å². The van der Waals surface area contributed by atoms with Gasteiger partial charge in [0.2, 0.25) is 0 Å². The summed E-state index contributed by atoms with van der Waals surface area (Å²) in [5, 5.41) is 8.97. The zero-order valence-corrected chi connectivity index (χ0v) is 13.2. The SMILES string of the molecule is Cc1nc(NS(=O)(=O)c2cc(CO)oc2C)ccc1Br. The Kier molecular flexibility index (Phi) is 4.17. The number of aliphatic hydroxyl groups excluding tert-OH is 1. The molecule has 0 fully saturated rings. The minimum Gasteiger partial charge on any atom is -0.462 e. The van der Waals surface area contributed by atoms with E-state index < -0.39 is 10.0 Å². The van der Waals surface area contributed by atoms with E-state index in [1.807, 2.05) is 0 Å². The van der Waals surface area contributed by atoms with Crippen LogP contribution < -0.4 is 4.72 Å². The van der Waals surface area contributed by atoms with Crippen molar-refractivity contribution < 1.29 is 17.9 Å². The molecule has 6 nitrogen and oxygen atoms in total. The van der Waals surface area contributed by atoms with Gasteiger partial charge in [-0.3, -0.25) is 4.72 Å². The van der Waals surface area contributed by atoms with Gasteiger partial charge in [-0.25, -0.2) is 13.4 Å². The lowest BCUT2D eigenvalue weighted by Crippen LogP contribution is -2.14. The van der Waals surface area contributed by atoms with Crippen LogP contribution in [-0.4, -0.2) is 18.5 Å². The van der Waals surface area contributed by atoms with E-state index in [1.165, 1.54) is 13.0 Å². The maximum atomic E-state index is 12.2. The van der Waals surface area contributed by atoms with Crippen molar-refractivity contribution in [3.8, 4) is 0 Å². The third-order valence-corrected chi connectivity index (χ3v) is 4.93. The topological polar surface area (TPSA) is 92.4 Å². The fraction of sp³-hybridized carbons (Fsp3) is 0.250. The van der Waals surface area contributed by atoms with Gasteiger partial charge in [-0.2, -0.15) is 0 Å². The highest BCUT2D eigenvalue weighted by atomic mass is 79.9. The number of nitrogens with one attached hydrogen (secondary N) is 1. The monoisotopic (exact) mass is 360 g/mol. The van der Waals surface area contributed by atoms with Gasteiger partial charge < -0.3 is 9.52 Å². The van der Waals surface area contributed by atoms with E-state index in [9.17, 15) is 8.42 Å². The second-order valence-electron chi connectivity index (χ2n) is 4.16. The highest BCUT2D eigenvalue weighted by Gasteiger charge is 2.22. The standard InChI is InChI=1S/C12H13BrN2O4S/c1-7-10(13)3-4-12(14-7)15-20(17,18)11-5-9(6-16)19-8(11)2/h3-5,16H,6H2,1-2H3,(H,14,15). The van der Waals surface area contributed by atoms with Crippen LogP contribution in [-0.2, 0) is 16.6 Å². The third-order valence-electron chi connectivity index (χ3n) is 2.63. The van der Waals surface area contributed by atoms with Crippen LogP contribution >= 0.6 is 15.9 Å². The average molecular weight is 361 g/mol. The Morgan fingerprint density at radius 3 is 2.65 bits per heavy atom. The molecule has 20 heavy (non-hydrogen) atoms. The number of aliphatic hydroxyl groups is 1. The van der Waals surface area contributed by atoms with Gasteiger partial charge in [0.05, 0.1) is 5.69 Å². The number of hydrogen-bond donors (Lipinski definition) is 2. The van der Waals surface area contributed by atoms with Crippen molar-refractivity contribution in [1.29, 1.82) is 0 Å². The van der Waals surface area contributed by atoms with Crippen molar-refractivity contribution in [2.75, 3.05) is 4.72 Å². The Labute approximate surface area is 125 Å². The maximum Gasteiger partial charge on any atom is 0.266 e. The van der Waals surface area contributed by atoms with Gasteiger partial charge in [0.25, 0.3) is 10.0 Å². The summed E-state index contributed by atoms with van der Waals surface area (Å²) in [7, 11) is -3.80.